The fraction of sp³-hybridized carbons (Fsp3) is 0.130. The third kappa shape index (κ3) is 6.01. The van der Waals surface area contributed by atoms with Gasteiger partial charge in [0.15, 0.2) is 5.13 Å². The van der Waals surface area contributed by atoms with Crippen molar-refractivity contribution in [3.05, 3.63) is 72.7 Å². The number of alkyl halides is 2. The van der Waals surface area contributed by atoms with Crippen LogP contribution in [-0.2, 0) is 0 Å². The number of thiazole rings is 1. The molecule has 0 aliphatic carbocycles. The molecule has 0 atom stereocenters. The molecule has 4 rings (SSSR count). The fourth-order valence-electron chi connectivity index (χ4n) is 2.91. The zero-order chi connectivity index (χ0) is 23.9. The van der Waals surface area contributed by atoms with Crippen LogP contribution in [0.4, 0.5) is 30.1 Å². The van der Waals surface area contributed by atoms with Crippen LogP contribution in [0.5, 0.6) is 11.8 Å². The molecule has 0 fully saturated rings. The minimum Gasteiger partial charge on any atom is -0.424 e. The van der Waals surface area contributed by atoms with Crippen molar-refractivity contribution in [2.45, 2.75) is 13.3 Å². The number of benzene rings is 2. The van der Waals surface area contributed by atoms with Gasteiger partial charge in [-0.3, -0.25) is 0 Å². The van der Waals surface area contributed by atoms with Crippen LogP contribution in [0.15, 0.2) is 67.1 Å². The predicted octanol–water partition coefficient (Wildman–Crippen LogP) is 6.41. The van der Waals surface area contributed by atoms with E-state index in [9.17, 15) is 13.6 Å². The molecule has 0 saturated carbocycles. The quantitative estimate of drug-likeness (QED) is 0.268. The van der Waals surface area contributed by atoms with Crippen LogP contribution in [0, 0.1) is 0 Å². The first-order chi connectivity index (χ1) is 16.5. The van der Waals surface area contributed by atoms with Crippen molar-refractivity contribution in [3.63, 3.8) is 0 Å². The van der Waals surface area contributed by atoms with Crippen LogP contribution < -0.4 is 20.7 Å². The number of hydrogen-bond donors (Lipinski definition) is 3. The molecular weight excluding hydrogens is 462 g/mol. The number of carbonyl (C=O) groups is 1. The Labute approximate surface area is 198 Å². The molecular formula is C23H20F2N6O2S. The molecule has 8 nitrogen and oxygen atoms in total. The number of carbonyl (C=O) groups excluding carboxylic acids is 1. The molecule has 2 amide bonds. The second-order valence-corrected chi connectivity index (χ2v) is 7.98. The Hall–Kier alpha value is -4.12. The molecule has 0 aliphatic rings. The van der Waals surface area contributed by atoms with Gasteiger partial charge in [0.25, 0.3) is 6.43 Å². The highest BCUT2D eigenvalue weighted by molar-refractivity contribution is 7.18. The van der Waals surface area contributed by atoms with Gasteiger partial charge in [-0.1, -0.05) is 23.5 Å². The number of amides is 2. The number of rotatable bonds is 8. The Morgan fingerprint density at radius 2 is 1.74 bits per heavy atom. The van der Waals surface area contributed by atoms with E-state index in [1.54, 1.807) is 23.5 Å². The molecule has 2 aromatic carbocycles. The summed E-state index contributed by atoms with van der Waals surface area (Å²) in [6.45, 7) is 2.83. The van der Waals surface area contributed by atoms with E-state index in [4.69, 9.17) is 4.74 Å². The van der Waals surface area contributed by atoms with E-state index in [0.717, 1.165) is 22.1 Å². The van der Waals surface area contributed by atoms with Crippen LogP contribution in [0.25, 0.3) is 10.4 Å². The van der Waals surface area contributed by atoms with E-state index in [1.807, 2.05) is 25.3 Å². The molecule has 11 heteroatoms. The second-order valence-electron chi connectivity index (χ2n) is 6.95. The molecule has 3 N–H and O–H groups in total. The van der Waals surface area contributed by atoms with Gasteiger partial charge in [-0.05, 0) is 48.9 Å². The SMILES string of the molecule is CCNc1ncc(-c2ccc(Oc3ncc(NC(=O)Nc4cccc(C(F)F)c4)cn3)cc2)s1. The maximum absolute atomic E-state index is 12.8. The molecule has 0 radical (unpaired) electrons. The lowest BCUT2D eigenvalue weighted by atomic mass is 10.2. The van der Waals surface area contributed by atoms with Crippen LogP contribution in [0.2, 0.25) is 0 Å². The van der Waals surface area contributed by atoms with E-state index in [-0.39, 0.29) is 17.3 Å². The first-order valence-electron chi connectivity index (χ1n) is 10.3. The van der Waals surface area contributed by atoms with Gasteiger partial charge in [0, 0.05) is 24.0 Å². The summed E-state index contributed by atoms with van der Waals surface area (Å²) in [5.74, 6) is 0.553. The molecule has 2 aromatic heterocycles. The van der Waals surface area contributed by atoms with Gasteiger partial charge in [-0.2, -0.15) is 0 Å². The number of nitrogens with one attached hydrogen (secondary N) is 3. The lowest BCUT2D eigenvalue weighted by molar-refractivity contribution is 0.151. The first kappa shape index (κ1) is 23.1. The number of anilines is 3. The summed E-state index contributed by atoms with van der Waals surface area (Å²) < 4.78 is 31.2. The third-order valence-corrected chi connectivity index (χ3v) is 5.47. The van der Waals surface area contributed by atoms with Crippen molar-refractivity contribution in [1.82, 2.24) is 15.0 Å². The van der Waals surface area contributed by atoms with Gasteiger partial charge in [-0.25, -0.2) is 28.5 Å². The summed E-state index contributed by atoms with van der Waals surface area (Å²) in [4.78, 5) is 25.7. The topological polar surface area (TPSA) is 101 Å². The van der Waals surface area contributed by atoms with Gasteiger partial charge in [-0.15, -0.1) is 0 Å². The van der Waals surface area contributed by atoms with E-state index >= 15 is 0 Å². The average Bonchev–Trinajstić information content (AvgIpc) is 3.30. The molecule has 34 heavy (non-hydrogen) atoms. The van der Waals surface area contributed by atoms with Gasteiger partial charge in [0.1, 0.15) is 5.75 Å². The predicted molar refractivity (Wildman–Crippen MR) is 128 cm³/mol. The molecule has 0 bridgehead atoms. The van der Waals surface area contributed by atoms with Crippen molar-refractivity contribution in [2.24, 2.45) is 0 Å². The number of ether oxygens (including phenoxy) is 1. The van der Waals surface area contributed by atoms with Gasteiger partial charge < -0.3 is 20.7 Å². The maximum atomic E-state index is 12.8. The summed E-state index contributed by atoms with van der Waals surface area (Å²) in [6.07, 6.45) is 1.96. The molecule has 2 heterocycles. The lowest BCUT2D eigenvalue weighted by Crippen LogP contribution is -2.19. The number of halogens is 2. The number of aromatic nitrogens is 3. The highest BCUT2D eigenvalue weighted by atomic mass is 32.1. The minimum atomic E-state index is -2.62. The summed E-state index contributed by atoms with van der Waals surface area (Å²) in [7, 11) is 0. The smallest absolute Gasteiger partial charge is 0.323 e. The summed E-state index contributed by atoms with van der Waals surface area (Å²) in [6, 6.07) is 12.4. The summed E-state index contributed by atoms with van der Waals surface area (Å²) in [5, 5.41) is 9.08. The van der Waals surface area contributed by atoms with Crippen LogP contribution >= 0.6 is 11.3 Å². The van der Waals surface area contributed by atoms with Crippen LogP contribution in [-0.4, -0.2) is 27.5 Å². The maximum Gasteiger partial charge on any atom is 0.323 e. The number of nitrogens with zero attached hydrogens (tertiary/aromatic N) is 3. The largest absolute Gasteiger partial charge is 0.424 e. The Kier molecular flexibility index (Phi) is 7.23. The van der Waals surface area contributed by atoms with E-state index in [0.29, 0.717) is 11.4 Å². The monoisotopic (exact) mass is 482 g/mol. The third-order valence-electron chi connectivity index (χ3n) is 4.46. The van der Waals surface area contributed by atoms with Crippen molar-refractivity contribution in [3.8, 4) is 22.2 Å². The number of urea groups is 1. The number of hydrogen-bond acceptors (Lipinski definition) is 7. The van der Waals surface area contributed by atoms with Gasteiger partial charge >= 0.3 is 12.0 Å². The van der Waals surface area contributed by atoms with Crippen molar-refractivity contribution >= 4 is 33.9 Å². The van der Waals surface area contributed by atoms with Crippen LogP contribution in [0.1, 0.15) is 18.9 Å². The Morgan fingerprint density at radius 3 is 2.44 bits per heavy atom. The Morgan fingerprint density at radius 1 is 1.00 bits per heavy atom. The average molecular weight is 483 g/mol. The molecule has 4 aromatic rings. The highest BCUT2D eigenvalue weighted by Crippen LogP contribution is 2.30. The van der Waals surface area contributed by atoms with Gasteiger partial charge in [0.05, 0.1) is 23.0 Å². The van der Waals surface area contributed by atoms with E-state index in [1.165, 1.54) is 36.7 Å². The lowest BCUT2D eigenvalue weighted by Gasteiger charge is -2.09. The van der Waals surface area contributed by atoms with Crippen LogP contribution in [0.3, 0.4) is 0 Å². The Balaban J connectivity index is 1.32. The Bertz CT molecular complexity index is 1250. The molecule has 0 saturated heterocycles. The fourth-order valence-corrected chi connectivity index (χ4v) is 3.80. The van der Waals surface area contributed by atoms with Crippen molar-refractivity contribution in [1.29, 1.82) is 0 Å². The summed E-state index contributed by atoms with van der Waals surface area (Å²) >= 11 is 1.57. The molecule has 0 unspecified atom stereocenters. The van der Waals surface area contributed by atoms with E-state index < -0.39 is 12.5 Å². The molecule has 174 valence electrons. The second kappa shape index (κ2) is 10.7. The zero-order valence-electron chi connectivity index (χ0n) is 18.0. The van der Waals surface area contributed by atoms with E-state index in [2.05, 4.69) is 30.9 Å². The normalized spacial score (nSPS) is 10.7. The summed E-state index contributed by atoms with van der Waals surface area (Å²) in [5.41, 5.74) is 1.39. The zero-order valence-corrected chi connectivity index (χ0v) is 18.8. The van der Waals surface area contributed by atoms with Crippen molar-refractivity contribution in [2.75, 3.05) is 22.5 Å². The molecule has 0 aliphatic heterocycles. The molecule has 0 spiro atoms. The standard InChI is InChI=1S/C23H20F2N6O2S/c1-2-26-23-29-13-19(34-23)14-6-8-18(9-7-14)33-22-27-11-17(12-28-22)31-21(32)30-16-5-3-4-15(10-16)20(24)25/h3-13,20H,2H2,1H3,(H,26,29)(H2,30,31,32). The van der Waals surface area contributed by atoms with Gasteiger partial charge in [0.2, 0.25) is 0 Å². The van der Waals surface area contributed by atoms with Crippen molar-refractivity contribution < 1.29 is 18.3 Å². The first-order valence-corrected chi connectivity index (χ1v) is 11.1. The highest BCUT2D eigenvalue weighted by Gasteiger charge is 2.10. The minimum absolute atomic E-state index is 0.107.